The van der Waals surface area contributed by atoms with E-state index in [2.05, 4.69) is 20.8 Å². The lowest BCUT2D eigenvalue weighted by molar-refractivity contribution is -0.124. The van der Waals surface area contributed by atoms with Gasteiger partial charge < -0.3 is 23.8 Å². The maximum absolute atomic E-state index is 13.0. The Kier molecular flexibility index (Phi) is 8.59. The molecule has 218 valence electrons. The predicted molar refractivity (Wildman–Crippen MR) is 139 cm³/mol. The van der Waals surface area contributed by atoms with Gasteiger partial charge in [0.15, 0.2) is 0 Å². The topological polar surface area (TPSA) is 67.1 Å². The van der Waals surface area contributed by atoms with E-state index < -0.39 is 6.43 Å². The van der Waals surface area contributed by atoms with Crippen LogP contribution in [0.25, 0.3) is 0 Å². The molecule has 9 heteroatoms. The Morgan fingerprint density at radius 2 is 1.76 bits per heavy atom. The molecule has 0 N–H and O–H groups in total. The van der Waals surface area contributed by atoms with Crippen molar-refractivity contribution in [1.82, 2.24) is 9.80 Å². The number of ether oxygens (including phenoxy) is 4. The zero-order valence-corrected chi connectivity index (χ0v) is 23.7. The van der Waals surface area contributed by atoms with E-state index in [1.54, 1.807) is 7.11 Å². The Hall–Kier alpha value is -1.03. The van der Waals surface area contributed by atoms with Crippen LogP contribution >= 0.6 is 0 Å². The van der Waals surface area contributed by atoms with Crippen molar-refractivity contribution in [2.24, 2.45) is 23.7 Å². The quantitative estimate of drug-likeness (QED) is 0.344. The monoisotopic (exact) mass is 542 g/mol. The number of piperidine rings is 1. The van der Waals surface area contributed by atoms with Gasteiger partial charge in [0, 0.05) is 20.2 Å². The molecule has 0 radical (unpaired) electrons. The Balaban J connectivity index is 1.07. The Morgan fingerprint density at radius 1 is 1.08 bits per heavy atom. The van der Waals surface area contributed by atoms with Crippen molar-refractivity contribution in [2.45, 2.75) is 108 Å². The third kappa shape index (κ3) is 6.16. The largest absolute Gasteiger partial charge is 0.443 e. The molecule has 4 saturated heterocycles. The standard InChI is InChI=1S/C29H48F2N2O5/c1-19(2)5-8-23-28(3,38-23)26-25(35-4)22(9-12-29(26)18-36-29)37-27(34)33-15-21(16-33)7-6-20-10-13-32(14-11-20)17-24(30)31/h19-26H,5-18H2,1-4H3/t22-,23-,25-,26?,28+,29?/m1/s1. The van der Waals surface area contributed by atoms with Crippen molar-refractivity contribution < 1.29 is 32.5 Å². The van der Waals surface area contributed by atoms with Gasteiger partial charge in [0.05, 0.1) is 25.2 Å². The maximum Gasteiger partial charge on any atom is 0.410 e. The number of alkyl halides is 2. The minimum Gasteiger partial charge on any atom is -0.443 e. The Bertz CT molecular complexity index is 813. The smallest absolute Gasteiger partial charge is 0.410 e. The number of rotatable bonds is 11. The van der Waals surface area contributed by atoms with Crippen molar-refractivity contribution in [1.29, 1.82) is 0 Å². The van der Waals surface area contributed by atoms with Crippen LogP contribution in [-0.4, -0.2) is 98.3 Å². The fourth-order valence-electron chi connectivity index (χ4n) is 7.51. The molecule has 0 bridgehead atoms. The minimum atomic E-state index is -2.24. The van der Waals surface area contributed by atoms with Gasteiger partial charge in [-0.05, 0) is 89.1 Å². The summed E-state index contributed by atoms with van der Waals surface area (Å²) in [6, 6.07) is 0. The number of nitrogens with zero attached hydrogens (tertiary/aromatic N) is 2. The molecule has 5 aliphatic rings. The zero-order chi connectivity index (χ0) is 27.1. The lowest BCUT2D eigenvalue weighted by atomic mass is 9.68. The van der Waals surface area contributed by atoms with Gasteiger partial charge in [0.1, 0.15) is 23.4 Å². The highest BCUT2D eigenvalue weighted by atomic mass is 19.3. The van der Waals surface area contributed by atoms with E-state index >= 15 is 0 Å². The molecule has 0 aromatic rings. The van der Waals surface area contributed by atoms with Gasteiger partial charge in [-0.2, -0.15) is 0 Å². The average Bonchev–Trinajstić information content (AvgIpc) is 3.75. The number of methoxy groups -OCH3 is 1. The lowest BCUT2D eigenvalue weighted by Gasteiger charge is -2.44. The molecule has 1 aliphatic carbocycles. The summed E-state index contributed by atoms with van der Waals surface area (Å²) in [5, 5.41) is 0. The molecule has 2 unspecified atom stereocenters. The number of hydrogen-bond acceptors (Lipinski definition) is 6. The summed E-state index contributed by atoms with van der Waals surface area (Å²) >= 11 is 0. The predicted octanol–water partition coefficient (Wildman–Crippen LogP) is 4.97. The van der Waals surface area contributed by atoms with E-state index in [1.807, 2.05) is 9.80 Å². The van der Waals surface area contributed by atoms with Gasteiger partial charge in [0.2, 0.25) is 0 Å². The maximum atomic E-state index is 13.0. The summed E-state index contributed by atoms with van der Waals surface area (Å²) in [6.07, 6.45) is 5.16. The molecule has 4 aliphatic heterocycles. The molecule has 0 aromatic carbocycles. The Morgan fingerprint density at radius 3 is 2.37 bits per heavy atom. The van der Waals surface area contributed by atoms with Crippen molar-refractivity contribution >= 4 is 6.09 Å². The molecule has 4 heterocycles. The van der Waals surface area contributed by atoms with Crippen LogP contribution in [0.3, 0.4) is 0 Å². The molecular formula is C29H48F2N2O5. The van der Waals surface area contributed by atoms with E-state index in [4.69, 9.17) is 18.9 Å². The second kappa shape index (κ2) is 11.5. The summed E-state index contributed by atoms with van der Waals surface area (Å²) in [4.78, 5) is 16.7. The molecule has 6 atom stereocenters. The van der Waals surface area contributed by atoms with E-state index in [9.17, 15) is 13.6 Å². The van der Waals surface area contributed by atoms with Crippen molar-refractivity contribution in [3.8, 4) is 0 Å². The van der Waals surface area contributed by atoms with Crippen molar-refractivity contribution in [2.75, 3.05) is 46.4 Å². The molecule has 38 heavy (non-hydrogen) atoms. The van der Waals surface area contributed by atoms with Crippen LogP contribution in [0.2, 0.25) is 0 Å². The van der Waals surface area contributed by atoms with Crippen LogP contribution in [0.4, 0.5) is 13.6 Å². The number of halogens is 2. The first-order valence-corrected chi connectivity index (χ1v) is 14.9. The first-order chi connectivity index (χ1) is 18.1. The number of carbonyl (C=O) groups is 1. The fourth-order valence-corrected chi connectivity index (χ4v) is 7.51. The second-order valence-electron chi connectivity index (χ2n) is 13.2. The third-order valence-corrected chi connectivity index (χ3v) is 10.1. The highest BCUT2D eigenvalue weighted by molar-refractivity contribution is 5.69. The van der Waals surface area contributed by atoms with Gasteiger partial charge in [-0.1, -0.05) is 13.8 Å². The van der Waals surface area contributed by atoms with Gasteiger partial charge in [-0.25, -0.2) is 13.6 Å². The summed E-state index contributed by atoms with van der Waals surface area (Å²) in [6.45, 7) is 10.3. The summed E-state index contributed by atoms with van der Waals surface area (Å²) in [7, 11) is 1.71. The fraction of sp³-hybridized carbons (Fsp3) is 0.966. The van der Waals surface area contributed by atoms with E-state index in [0.717, 1.165) is 84.2 Å². The molecule has 0 aromatic heterocycles. The van der Waals surface area contributed by atoms with Crippen LogP contribution in [0.1, 0.15) is 72.1 Å². The summed E-state index contributed by atoms with van der Waals surface area (Å²) in [5.41, 5.74) is -0.503. The normalized spacial score (nSPS) is 38.2. The molecule has 5 fully saturated rings. The van der Waals surface area contributed by atoms with Crippen molar-refractivity contribution in [3.63, 3.8) is 0 Å². The lowest BCUT2D eigenvalue weighted by Crippen LogP contribution is -2.57. The SMILES string of the molecule is CO[C@H]1C([C@@]2(C)O[C@@H]2CCC(C)C)C2(CC[C@H]1OC(=O)N1CC(CCC3CCN(CC(F)F)CC3)C1)CO2. The molecule has 7 nitrogen and oxygen atoms in total. The van der Waals surface area contributed by atoms with Crippen LogP contribution in [0.5, 0.6) is 0 Å². The van der Waals surface area contributed by atoms with Gasteiger partial charge in [-0.3, -0.25) is 4.90 Å². The Labute approximate surface area is 226 Å². The molecular weight excluding hydrogens is 494 g/mol. The average molecular weight is 543 g/mol. The minimum absolute atomic E-state index is 0.0555. The molecule has 1 amide bonds. The van der Waals surface area contributed by atoms with Crippen LogP contribution < -0.4 is 0 Å². The van der Waals surface area contributed by atoms with Gasteiger partial charge in [0.25, 0.3) is 6.43 Å². The summed E-state index contributed by atoms with van der Waals surface area (Å²) < 4.78 is 49.6. The van der Waals surface area contributed by atoms with Crippen LogP contribution in [-0.2, 0) is 18.9 Å². The summed E-state index contributed by atoms with van der Waals surface area (Å²) in [5.74, 6) is 1.81. The van der Waals surface area contributed by atoms with E-state index in [1.165, 1.54) is 0 Å². The van der Waals surface area contributed by atoms with Crippen LogP contribution in [0.15, 0.2) is 0 Å². The number of amides is 1. The van der Waals surface area contributed by atoms with Gasteiger partial charge in [-0.15, -0.1) is 0 Å². The van der Waals surface area contributed by atoms with E-state index in [0.29, 0.717) is 17.8 Å². The number of carbonyl (C=O) groups excluding carboxylic acids is 1. The zero-order valence-electron chi connectivity index (χ0n) is 23.7. The highest BCUT2D eigenvalue weighted by Crippen LogP contribution is 2.59. The first-order valence-electron chi connectivity index (χ1n) is 14.9. The highest BCUT2D eigenvalue weighted by Gasteiger charge is 2.72. The first kappa shape index (κ1) is 28.5. The molecule has 5 rings (SSSR count). The van der Waals surface area contributed by atoms with Crippen LogP contribution in [0, 0.1) is 23.7 Å². The third-order valence-electron chi connectivity index (χ3n) is 10.1. The second-order valence-corrected chi connectivity index (χ2v) is 13.2. The number of epoxide rings is 2. The van der Waals surface area contributed by atoms with E-state index in [-0.39, 0.29) is 48.1 Å². The number of likely N-dealkylation sites (tertiary alicyclic amines) is 2. The molecule has 1 spiro atoms. The number of hydrogen-bond donors (Lipinski definition) is 0. The van der Waals surface area contributed by atoms with Crippen molar-refractivity contribution in [3.05, 3.63) is 0 Å². The molecule has 1 saturated carbocycles. The van der Waals surface area contributed by atoms with Gasteiger partial charge >= 0.3 is 6.09 Å².